The first-order chi connectivity index (χ1) is 9.01. The van der Waals surface area contributed by atoms with Crippen molar-refractivity contribution in [2.24, 2.45) is 0 Å². The fourth-order valence-electron chi connectivity index (χ4n) is 1.66. The lowest BCUT2D eigenvalue weighted by Crippen LogP contribution is -2.05. The van der Waals surface area contributed by atoms with Gasteiger partial charge in [0.2, 0.25) is 0 Å². The summed E-state index contributed by atoms with van der Waals surface area (Å²) in [6.45, 7) is 1.96. The first-order valence-electron chi connectivity index (χ1n) is 5.66. The molecule has 1 heterocycles. The number of hydrogen-bond donors (Lipinski definition) is 0. The van der Waals surface area contributed by atoms with Gasteiger partial charge in [0, 0.05) is 12.5 Å². The van der Waals surface area contributed by atoms with Gasteiger partial charge in [-0.3, -0.25) is 0 Å². The summed E-state index contributed by atoms with van der Waals surface area (Å²) in [5, 5.41) is 0.366. The molecule has 0 N–H and O–H groups in total. The molecule has 0 saturated heterocycles. The van der Waals surface area contributed by atoms with Gasteiger partial charge in [-0.15, -0.1) is 0 Å². The molecule has 0 aliphatic carbocycles. The van der Waals surface area contributed by atoms with Crippen LogP contribution in [0.1, 0.15) is 24.0 Å². The SMILES string of the molecule is CCc1nc(Cc2ccc(F)cc2F)nc(Cl)c1I. The number of benzene rings is 1. The Hall–Kier alpha value is -0.820. The van der Waals surface area contributed by atoms with Crippen molar-refractivity contribution in [3.05, 3.63) is 55.6 Å². The second kappa shape index (κ2) is 6.09. The van der Waals surface area contributed by atoms with Crippen LogP contribution in [0, 0.1) is 15.2 Å². The van der Waals surface area contributed by atoms with Crippen molar-refractivity contribution in [3.8, 4) is 0 Å². The number of hydrogen-bond acceptors (Lipinski definition) is 2. The average molecular weight is 395 g/mol. The minimum atomic E-state index is -0.601. The maximum Gasteiger partial charge on any atom is 0.146 e. The molecule has 2 rings (SSSR count). The topological polar surface area (TPSA) is 25.8 Å². The van der Waals surface area contributed by atoms with Crippen LogP contribution in [-0.2, 0) is 12.8 Å². The van der Waals surface area contributed by atoms with Crippen LogP contribution in [0.4, 0.5) is 8.78 Å². The van der Waals surface area contributed by atoms with Crippen LogP contribution in [0.3, 0.4) is 0 Å². The molecular formula is C13H10ClF2IN2. The summed E-state index contributed by atoms with van der Waals surface area (Å²) in [6.07, 6.45) is 0.912. The predicted octanol–water partition coefficient (Wildman–Crippen LogP) is 4.17. The van der Waals surface area contributed by atoms with Gasteiger partial charge in [-0.25, -0.2) is 18.7 Å². The summed E-state index contributed by atoms with van der Waals surface area (Å²) < 4.78 is 27.2. The maximum atomic E-state index is 13.6. The van der Waals surface area contributed by atoms with E-state index in [9.17, 15) is 8.78 Å². The molecule has 0 aliphatic rings. The number of rotatable bonds is 3. The van der Waals surface area contributed by atoms with Crippen LogP contribution >= 0.6 is 34.2 Å². The van der Waals surface area contributed by atoms with E-state index in [0.717, 1.165) is 21.8 Å². The highest BCUT2D eigenvalue weighted by Crippen LogP contribution is 2.21. The summed E-state index contributed by atoms with van der Waals surface area (Å²) in [5.41, 5.74) is 1.18. The third-order valence-electron chi connectivity index (χ3n) is 2.62. The fourth-order valence-corrected chi connectivity index (χ4v) is 2.49. The highest BCUT2D eigenvalue weighted by molar-refractivity contribution is 14.1. The largest absolute Gasteiger partial charge is 0.236 e. The molecule has 0 aliphatic heterocycles. The molecule has 1 aromatic heterocycles. The quantitative estimate of drug-likeness (QED) is 0.577. The second-order valence-electron chi connectivity index (χ2n) is 3.96. The highest BCUT2D eigenvalue weighted by Gasteiger charge is 2.12. The Bertz CT molecular complexity index is 620. The Morgan fingerprint density at radius 3 is 2.63 bits per heavy atom. The van der Waals surface area contributed by atoms with Crippen molar-refractivity contribution in [1.29, 1.82) is 0 Å². The van der Waals surface area contributed by atoms with Crippen molar-refractivity contribution in [3.63, 3.8) is 0 Å². The fraction of sp³-hybridized carbons (Fsp3) is 0.231. The molecule has 0 bridgehead atoms. The van der Waals surface area contributed by atoms with E-state index in [-0.39, 0.29) is 6.42 Å². The predicted molar refractivity (Wildman–Crippen MR) is 78.3 cm³/mol. The second-order valence-corrected chi connectivity index (χ2v) is 5.39. The van der Waals surface area contributed by atoms with Gasteiger partial charge in [-0.2, -0.15) is 0 Å². The number of aryl methyl sites for hydroxylation is 1. The standard InChI is InChI=1S/C13H10ClF2IN2/c1-2-10-12(17)13(14)19-11(18-10)5-7-3-4-8(15)6-9(7)16/h3-4,6H,2,5H2,1H3. The Balaban J connectivity index is 2.35. The third-order valence-corrected chi connectivity index (χ3v) is 4.35. The zero-order valence-electron chi connectivity index (χ0n) is 10.1. The molecule has 0 fully saturated rings. The zero-order valence-corrected chi connectivity index (χ0v) is 13.0. The molecule has 2 aromatic rings. The molecule has 1 aromatic carbocycles. The van der Waals surface area contributed by atoms with Gasteiger partial charge >= 0.3 is 0 Å². The van der Waals surface area contributed by atoms with E-state index in [1.165, 1.54) is 12.1 Å². The molecule has 0 unspecified atom stereocenters. The molecule has 0 radical (unpaired) electrons. The van der Waals surface area contributed by atoms with Gasteiger partial charge in [0.1, 0.15) is 22.6 Å². The zero-order chi connectivity index (χ0) is 14.0. The van der Waals surface area contributed by atoms with Gasteiger partial charge in [-0.05, 0) is 40.6 Å². The maximum absolute atomic E-state index is 13.6. The van der Waals surface area contributed by atoms with Gasteiger partial charge in [0.15, 0.2) is 0 Å². The summed E-state index contributed by atoms with van der Waals surface area (Å²) in [7, 11) is 0. The van der Waals surface area contributed by atoms with Crippen molar-refractivity contribution < 1.29 is 8.78 Å². The first-order valence-corrected chi connectivity index (χ1v) is 7.11. The monoisotopic (exact) mass is 394 g/mol. The van der Waals surface area contributed by atoms with Gasteiger partial charge in [0.05, 0.1) is 9.26 Å². The van der Waals surface area contributed by atoms with E-state index in [1.54, 1.807) is 0 Å². The molecule has 0 amide bonds. The van der Waals surface area contributed by atoms with Gasteiger partial charge in [0.25, 0.3) is 0 Å². The highest BCUT2D eigenvalue weighted by atomic mass is 127. The molecule has 0 spiro atoms. The van der Waals surface area contributed by atoms with Crippen molar-refractivity contribution >= 4 is 34.2 Å². The Kier molecular flexibility index (Phi) is 4.67. The van der Waals surface area contributed by atoms with E-state index >= 15 is 0 Å². The smallest absolute Gasteiger partial charge is 0.146 e. The molecule has 6 heteroatoms. The minimum Gasteiger partial charge on any atom is -0.236 e. The number of nitrogens with zero attached hydrogens (tertiary/aromatic N) is 2. The lowest BCUT2D eigenvalue weighted by atomic mass is 10.1. The van der Waals surface area contributed by atoms with Crippen molar-refractivity contribution in [2.75, 3.05) is 0 Å². The van der Waals surface area contributed by atoms with Crippen LogP contribution in [0.25, 0.3) is 0 Å². The van der Waals surface area contributed by atoms with Gasteiger partial charge < -0.3 is 0 Å². The van der Waals surface area contributed by atoms with Crippen LogP contribution in [0.15, 0.2) is 18.2 Å². The van der Waals surface area contributed by atoms with E-state index in [2.05, 4.69) is 32.6 Å². The van der Waals surface area contributed by atoms with Crippen molar-refractivity contribution in [1.82, 2.24) is 9.97 Å². The van der Waals surface area contributed by atoms with E-state index in [0.29, 0.717) is 16.5 Å². The third kappa shape index (κ3) is 3.39. The molecule has 0 saturated carbocycles. The number of halogens is 4. The van der Waals surface area contributed by atoms with Crippen LogP contribution in [0.5, 0.6) is 0 Å². The minimum absolute atomic E-state index is 0.190. The van der Waals surface area contributed by atoms with Crippen LogP contribution < -0.4 is 0 Å². The summed E-state index contributed by atoms with van der Waals surface area (Å²) >= 11 is 8.10. The first kappa shape index (κ1) is 14.6. The molecule has 0 atom stereocenters. The Morgan fingerprint density at radius 1 is 1.26 bits per heavy atom. The Labute approximate surface area is 128 Å². The average Bonchev–Trinajstić information content (AvgIpc) is 2.37. The lowest BCUT2D eigenvalue weighted by Gasteiger charge is -2.07. The molecule has 2 nitrogen and oxygen atoms in total. The molecule has 100 valence electrons. The number of aromatic nitrogens is 2. The Morgan fingerprint density at radius 2 is 2.00 bits per heavy atom. The van der Waals surface area contributed by atoms with E-state index < -0.39 is 11.6 Å². The molecule has 19 heavy (non-hydrogen) atoms. The van der Waals surface area contributed by atoms with Crippen LogP contribution in [0.2, 0.25) is 5.15 Å². The van der Waals surface area contributed by atoms with Crippen molar-refractivity contribution in [2.45, 2.75) is 19.8 Å². The lowest BCUT2D eigenvalue weighted by molar-refractivity contribution is 0.573. The summed E-state index contributed by atoms with van der Waals surface area (Å²) in [6, 6.07) is 3.46. The normalized spacial score (nSPS) is 10.8. The summed E-state index contributed by atoms with van der Waals surface area (Å²) in [5.74, 6) is -0.763. The van der Waals surface area contributed by atoms with Gasteiger partial charge in [-0.1, -0.05) is 24.6 Å². The summed E-state index contributed by atoms with van der Waals surface area (Å²) in [4.78, 5) is 8.47. The van der Waals surface area contributed by atoms with E-state index in [1.807, 2.05) is 6.92 Å². The molecular weight excluding hydrogens is 385 g/mol. The van der Waals surface area contributed by atoms with E-state index in [4.69, 9.17) is 11.6 Å². The van der Waals surface area contributed by atoms with Crippen LogP contribution in [-0.4, -0.2) is 9.97 Å².